The third-order valence-corrected chi connectivity index (χ3v) is 12.0. The summed E-state index contributed by atoms with van der Waals surface area (Å²) in [6.45, 7) is 7.42. The molecule has 0 unspecified atom stereocenters. The molecule has 272 valence electrons. The zero-order valence-electron chi connectivity index (χ0n) is 31.5. The van der Waals surface area contributed by atoms with Crippen molar-refractivity contribution >= 4 is 5.69 Å². The van der Waals surface area contributed by atoms with E-state index in [2.05, 4.69) is 102 Å². The van der Waals surface area contributed by atoms with Gasteiger partial charge in [0.1, 0.15) is 0 Å². The van der Waals surface area contributed by atoms with Gasteiger partial charge in [-0.05, 0) is 78.3 Å². The highest BCUT2D eigenvalue weighted by Crippen LogP contribution is 2.55. The predicted molar refractivity (Wildman–Crippen MR) is 230 cm³/mol. The molecule has 2 aliphatic rings. The van der Waals surface area contributed by atoms with Gasteiger partial charge in [-0.25, -0.2) is 24.8 Å². The molecule has 8 aromatic rings. The summed E-state index contributed by atoms with van der Waals surface area (Å²) in [7, 11) is 0. The maximum absolute atomic E-state index is 7.42. The number of aromatic nitrogens is 4. The Balaban J connectivity index is 1.08. The van der Waals surface area contributed by atoms with Gasteiger partial charge in [-0.3, -0.25) is 0 Å². The fourth-order valence-corrected chi connectivity index (χ4v) is 9.01. The Morgan fingerprint density at radius 2 is 0.947 bits per heavy atom. The summed E-state index contributed by atoms with van der Waals surface area (Å²) in [5, 5.41) is 0. The Labute approximate surface area is 333 Å². The lowest BCUT2D eigenvalue weighted by molar-refractivity contribution is 0.419. The second kappa shape index (κ2) is 14.6. The van der Waals surface area contributed by atoms with Gasteiger partial charge in [0, 0.05) is 33.4 Å². The van der Waals surface area contributed by atoms with Crippen LogP contribution in [-0.4, -0.2) is 19.9 Å². The minimum Gasteiger partial charge on any atom is -0.238 e. The smallest absolute Gasteiger partial charge is 0.187 e. The molecule has 2 aromatic heterocycles. The largest absolute Gasteiger partial charge is 0.238 e. The lowest BCUT2D eigenvalue weighted by Gasteiger charge is -2.27. The molecule has 0 radical (unpaired) electrons. The fourth-order valence-electron chi connectivity index (χ4n) is 9.01. The Hall–Kier alpha value is -7.03. The van der Waals surface area contributed by atoms with Crippen LogP contribution in [0.3, 0.4) is 0 Å². The van der Waals surface area contributed by atoms with Crippen molar-refractivity contribution in [2.24, 2.45) is 5.92 Å². The topological polar surface area (TPSA) is 55.9 Å². The van der Waals surface area contributed by atoms with Crippen molar-refractivity contribution < 1.29 is 0 Å². The van der Waals surface area contributed by atoms with Crippen LogP contribution in [0.5, 0.6) is 0 Å². The van der Waals surface area contributed by atoms with Gasteiger partial charge < -0.3 is 0 Å². The van der Waals surface area contributed by atoms with Gasteiger partial charge in [-0.1, -0.05) is 152 Å². The molecule has 6 aromatic carbocycles. The first kappa shape index (κ1) is 34.5. The summed E-state index contributed by atoms with van der Waals surface area (Å²) < 4.78 is 0. The van der Waals surface area contributed by atoms with Gasteiger partial charge in [0.15, 0.2) is 17.3 Å². The molecule has 2 saturated carbocycles. The zero-order valence-corrected chi connectivity index (χ0v) is 31.5. The average Bonchev–Trinajstić information content (AvgIpc) is 3.93. The number of hydrogen-bond donors (Lipinski definition) is 0. The summed E-state index contributed by atoms with van der Waals surface area (Å²) in [4.78, 5) is 24.3. The van der Waals surface area contributed by atoms with E-state index < -0.39 is 0 Å². The standard InChI is InChI=1S/C52H39N5/c1-53-43-25-21-36(22-26-43)44-17-8-9-18-45(44)49-33-47(37-11-4-2-5-12-37)55-51(57-49)41-16-10-15-40(31-41)48-32-46(54-50(56-48)39-13-6-3-7-14-39)38-19-23-42(24-20-38)52-29-27-35(34-52)28-30-52/h2-26,31-33,35H,27-30,34H2. The first-order valence-electron chi connectivity index (χ1n) is 19.8. The number of nitrogens with zero attached hydrogens (tertiary/aromatic N) is 5. The first-order valence-corrected chi connectivity index (χ1v) is 19.8. The highest BCUT2D eigenvalue weighted by Gasteiger charge is 2.45. The van der Waals surface area contributed by atoms with Crippen molar-refractivity contribution in [3.63, 3.8) is 0 Å². The number of rotatable bonds is 8. The van der Waals surface area contributed by atoms with Gasteiger partial charge >= 0.3 is 0 Å². The van der Waals surface area contributed by atoms with E-state index in [0.717, 1.165) is 73.2 Å². The first-order chi connectivity index (χ1) is 28.1. The molecule has 2 aliphatic carbocycles. The number of benzene rings is 6. The highest BCUT2D eigenvalue weighted by atomic mass is 14.9. The van der Waals surface area contributed by atoms with Crippen LogP contribution in [0.25, 0.3) is 83.8 Å². The molecule has 57 heavy (non-hydrogen) atoms. The summed E-state index contributed by atoms with van der Waals surface area (Å²) in [5.41, 5.74) is 13.8. The van der Waals surface area contributed by atoms with E-state index in [-0.39, 0.29) is 0 Å². The molecule has 2 fully saturated rings. The SMILES string of the molecule is [C-]#[N+]c1ccc(-c2ccccc2-c2cc(-c3ccccc3)nc(-c3cccc(-c4cc(-c5ccc(C67CCC(CC6)C7)cc5)nc(-c5ccccc5)n4)c3)n2)cc1. The molecule has 5 nitrogen and oxygen atoms in total. The molecule has 0 N–H and O–H groups in total. The molecular weight excluding hydrogens is 695 g/mol. The third-order valence-electron chi connectivity index (χ3n) is 12.0. The van der Waals surface area contributed by atoms with Gasteiger partial charge in [-0.15, -0.1) is 0 Å². The molecule has 5 heteroatoms. The summed E-state index contributed by atoms with van der Waals surface area (Å²) >= 11 is 0. The molecule has 10 rings (SSSR count). The lowest BCUT2D eigenvalue weighted by Crippen LogP contribution is -2.19. The van der Waals surface area contributed by atoms with E-state index in [1.165, 1.54) is 37.7 Å². The van der Waals surface area contributed by atoms with Crippen LogP contribution in [0.15, 0.2) is 170 Å². The van der Waals surface area contributed by atoms with Crippen molar-refractivity contribution in [1.82, 2.24) is 19.9 Å². The van der Waals surface area contributed by atoms with E-state index in [0.29, 0.717) is 22.8 Å². The van der Waals surface area contributed by atoms with Gasteiger partial charge in [0.25, 0.3) is 0 Å². The van der Waals surface area contributed by atoms with Crippen molar-refractivity contribution in [3.8, 4) is 78.9 Å². The highest BCUT2D eigenvalue weighted by molar-refractivity contribution is 5.85. The van der Waals surface area contributed by atoms with Crippen LogP contribution in [0.1, 0.15) is 37.7 Å². The zero-order chi connectivity index (χ0) is 38.2. The van der Waals surface area contributed by atoms with Crippen LogP contribution < -0.4 is 0 Å². The summed E-state index contributed by atoms with van der Waals surface area (Å²) in [6.07, 6.45) is 6.70. The Kier molecular flexibility index (Phi) is 8.80. The van der Waals surface area contributed by atoms with E-state index in [1.54, 1.807) is 0 Å². The molecule has 0 spiro atoms. The van der Waals surface area contributed by atoms with Crippen LogP contribution >= 0.6 is 0 Å². The molecule has 0 aliphatic heterocycles. The van der Waals surface area contributed by atoms with Crippen LogP contribution in [0.2, 0.25) is 0 Å². The van der Waals surface area contributed by atoms with Crippen molar-refractivity contribution in [2.75, 3.05) is 0 Å². The average molecular weight is 734 g/mol. The molecule has 2 bridgehead atoms. The minimum absolute atomic E-state index is 0.363. The van der Waals surface area contributed by atoms with Gasteiger partial charge in [0.2, 0.25) is 0 Å². The Morgan fingerprint density at radius 1 is 0.439 bits per heavy atom. The normalized spacial score (nSPS) is 17.0. The predicted octanol–water partition coefficient (Wildman–Crippen LogP) is 13.3. The van der Waals surface area contributed by atoms with Crippen LogP contribution in [0, 0.1) is 12.5 Å². The van der Waals surface area contributed by atoms with Crippen molar-refractivity contribution in [1.29, 1.82) is 0 Å². The van der Waals surface area contributed by atoms with Crippen LogP contribution in [0.4, 0.5) is 5.69 Å². The maximum Gasteiger partial charge on any atom is 0.187 e. The fraction of sp³-hybridized carbons (Fsp3) is 0.135. The molecular formula is C52H39N5. The maximum atomic E-state index is 7.42. The van der Waals surface area contributed by atoms with E-state index in [4.69, 9.17) is 26.5 Å². The monoisotopic (exact) mass is 733 g/mol. The Bertz CT molecular complexity index is 2760. The second-order valence-electron chi connectivity index (χ2n) is 15.4. The lowest BCUT2D eigenvalue weighted by atomic mass is 9.77. The van der Waals surface area contributed by atoms with Gasteiger partial charge in [0.05, 0.1) is 29.3 Å². The molecule has 0 amide bonds. The molecule has 2 heterocycles. The Morgan fingerprint density at radius 3 is 1.60 bits per heavy atom. The quantitative estimate of drug-likeness (QED) is 0.146. The molecule has 0 atom stereocenters. The van der Waals surface area contributed by atoms with Crippen molar-refractivity contribution in [3.05, 3.63) is 187 Å². The van der Waals surface area contributed by atoms with Crippen LogP contribution in [-0.2, 0) is 5.41 Å². The second-order valence-corrected chi connectivity index (χ2v) is 15.4. The van der Waals surface area contributed by atoms with Gasteiger partial charge in [-0.2, -0.15) is 0 Å². The third kappa shape index (κ3) is 6.70. The van der Waals surface area contributed by atoms with Crippen molar-refractivity contribution in [2.45, 2.75) is 37.5 Å². The van der Waals surface area contributed by atoms with E-state index in [9.17, 15) is 0 Å². The summed E-state index contributed by atoms with van der Waals surface area (Å²) in [5.74, 6) is 2.22. The summed E-state index contributed by atoms with van der Waals surface area (Å²) in [6, 6.07) is 58.3. The van der Waals surface area contributed by atoms with E-state index >= 15 is 0 Å². The van der Waals surface area contributed by atoms with E-state index in [1.807, 2.05) is 72.8 Å². The number of fused-ring (bicyclic) bond motifs is 2. The molecule has 0 saturated heterocycles. The minimum atomic E-state index is 0.363. The number of hydrogen-bond acceptors (Lipinski definition) is 4.